The Hall–Kier alpha value is -2.29. The Labute approximate surface area is 119 Å². The lowest BCUT2D eigenvalue weighted by atomic mass is 10.0. The Kier molecular flexibility index (Phi) is 4.08. The van der Waals surface area contributed by atoms with Crippen LogP contribution in [0.5, 0.6) is 5.75 Å². The molecule has 2 aromatic rings. The summed E-state index contributed by atoms with van der Waals surface area (Å²) < 4.78 is 0. The van der Waals surface area contributed by atoms with Crippen LogP contribution < -0.4 is 5.32 Å². The van der Waals surface area contributed by atoms with Gasteiger partial charge in [0, 0.05) is 16.8 Å². The molecule has 1 amide bonds. The van der Waals surface area contributed by atoms with Crippen LogP contribution in [0.4, 0.5) is 5.69 Å². The van der Waals surface area contributed by atoms with E-state index in [0.717, 1.165) is 11.3 Å². The Morgan fingerprint density at radius 2 is 1.80 bits per heavy atom. The predicted octanol–water partition coefficient (Wildman–Crippen LogP) is 4.08. The number of rotatable bonds is 3. The molecule has 0 unspecified atom stereocenters. The monoisotopic (exact) mass is 269 g/mol. The van der Waals surface area contributed by atoms with E-state index in [1.165, 1.54) is 0 Å². The molecule has 0 aliphatic carbocycles. The lowest BCUT2D eigenvalue weighted by Gasteiger charge is -2.14. The molecule has 3 nitrogen and oxygen atoms in total. The van der Waals surface area contributed by atoms with E-state index in [1.54, 1.807) is 25.1 Å². The number of phenolic OH excluding ortho intramolecular Hbond substituents is 1. The topological polar surface area (TPSA) is 49.3 Å². The van der Waals surface area contributed by atoms with Crippen LogP contribution in [0.1, 0.15) is 41.3 Å². The van der Waals surface area contributed by atoms with Crippen LogP contribution in [0.15, 0.2) is 42.5 Å². The molecule has 0 saturated carbocycles. The molecule has 0 heterocycles. The minimum Gasteiger partial charge on any atom is -0.508 e. The molecule has 0 atom stereocenters. The van der Waals surface area contributed by atoms with Crippen molar-refractivity contribution in [2.75, 3.05) is 5.32 Å². The number of nitrogens with one attached hydrogen (secondary N) is 1. The first-order valence-electron chi connectivity index (χ1n) is 6.69. The number of para-hydroxylation sites is 1. The first kappa shape index (κ1) is 14.1. The summed E-state index contributed by atoms with van der Waals surface area (Å²) in [4.78, 5) is 12.3. The molecular weight excluding hydrogens is 250 g/mol. The number of hydrogen-bond donors (Lipinski definition) is 2. The van der Waals surface area contributed by atoms with Gasteiger partial charge in [-0.05, 0) is 36.6 Å². The van der Waals surface area contributed by atoms with Crippen LogP contribution in [-0.2, 0) is 0 Å². The zero-order valence-electron chi connectivity index (χ0n) is 12.0. The van der Waals surface area contributed by atoms with E-state index in [1.807, 2.05) is 24.3 Å². The Morgan fingerprint density at radius 1 is 1.10 bits per heavy atom. The molecular formula is C17H19NO2. The molecule has 0 bridgehead atoms. The SMILES string of the molecule is Cc1c(O)cccc1C(=O)Nc1ccccc1C(C)C. The van der Waals surface area contributed by atoms with E-state index in [0.29, 0.717) is 17.0 Å². The number of anilines is 1. The molecule has 0 spiro atoms. The van der Waals surface area contributed by atoms with Crippen LogP contribution in [-0.4, -0.2) is 11.0 Å². The summed E-state index contributed by atoms with van der Waals surface area (Å²) in [5.41, 5.74) is 2.99. The van der Waals surface area contributed by atoms with Gasteiger partial charge in [-0.2, -0.15) is 0 Å². The third-order valence-electron chi connectivity index (χ3n) is 3.38. The normalized spacial score (nSPS) is 10.6. The van der Waals surface area contributed by atoms with Crippen molar-refractivity contribution in [1.29, 1.82) is 0 Å². The fraction of sp³-hybridized carbons (Fsp3) is 0.235. The molecule has 0 fully saturated rings. The van der Waals surface area contributed by atoms with Crippen molar-refractivity contribution >= 4 is 11.6 Å². The van der Waals surface area contributed by atoms with Gasteiger partial charge in [-0.15, -0.1) is 0 Å². The van der Waals surface area contributed by atoms with Gasteiger partial charge < -0.3 is 10.4 Å². The van der Waals surface area contributed by atoms with Crippen molar-refractivity contribution in [2.24, 2.45) is 0 Å². The standard InChI is InChI=1S/C17H19NO2/c1-11(2)13-7-4-5-9-15(13)18-17(20)14-8-6-10-16(19)12(14)3/h4-11,19H,1-3H3,(H,18,20). The summed E-state index contributed by atoms with van der Waals surface area (Å²) in [7, 11) is 0. The summed E-state index contributed by atoms with van der Waals surface area (Å²) in [6.07, 6.45) is 0. The number of carbonyl (C=O) groups excluding carboxylic acids is 1. The van der Waals surface area contributed by atoms with E-state index in [-0.39, 0.29) is 11.7 Å². The minimum absolute atomic E-state index is 0.134. The number of benzene rings is 2. The molecule has 0 aliphatic rings. The average Bonchev–Trinajstić information content (AvgIpc) is 2.42. The average molecular weight is 269 g/mol. The molecule has 104 valence electrons. The molecule has 0 aliphatic heterocycles. The molecule has 0 radical (unpaired) electrons. The predicted molar refractivity (Wildman–Crippen MR) is 81.3 cm³/mol. The van der Waals surface area contributed by atoms with E-state index < -0.39 is 0 Å². The second-order valence-electron chi connectivity index (χ2n) is 5.15. The Bertz CT molecular complexity index is 633. The third kappa shape index (κ3) is 2.82. The fourth-order valence-electron chi connectivity index (χ4n) is 2.17. The van der Waals surface area contributed by atoms with Gasteiger partial charge >= 0.3 is 0 Å². The molecule has 2 rings (SSSR count). The smallest absolute Gasteiger partial charge is 0.256 e. The van der Waals surface area contributed by atoms with Gasteiger partial charge in [0.05, 0.1) is 0 Å². The molecule has 0 aromatic heterocycles. The highest BCUT2D eigenvalue weighted by Crippen LogP contribution is 2.25. The van der Waals surface area contributed by atoms with Crippen molar-refractivity contribution in [1.82, 2.24) is 0 Å². The fourth-order valence-corrected chi connectivity index (χ4v) is 2.17. The van der Waals surface area contributed by atoms with Crippen molar-refractivity contribution in [2.45, 2.75) is 26.7 Å². The first-order chi connectivity index (χ1) is 9.50. The number of amides is 1. The van der Waals surface area contributed by atoms with Crippen molar-refractivity contribution in [3.8, 4) is 5.75 Å². The number of hydrogen-bond acceptors (Lipinski definition) is 2. The van der Waals surface area contributed by atoms with Crippen LogP contribution >= 0.6 is 0 Å². The lowest BCUT2D eigenvalue weighted by molar-refractivity contribution is 0.102. The summed E-state index contributed by atoms with van der Waals surface area (Å²) in [6, 6.07) is 12.7. The third-order valence-corrected chi connectivity index (χ3v) is 3.38. The number of phenols is 1. The molecule has 3 heteroatoms. The van der Waals surface area contributed by atoms with Crippen LogP contribution in [0.3, 0.4) is 0 Å². The van der Waals surface area contributed by atoms with Crippen LogP contribution in [0, 0.1) is 6.92 Å². The van der Waals surface area contributed by atoms with Gasteiger partial charge in [0.25, 0.3) is 5.91 Å². The summed E-state index contributed by atoms with van der Waals surface area (Å²) >= 11 is 0. The van der Waals surface area contributed by atoms with E-state index in [4.69, 9.17) is 0 Å². The highest BCUT2D eigenvalue weighted by molar-refractivity contribution is 6.06. The quantitative estimate of drug-likeness (QED) is 0.882. The van der Waals surface area contributed by atoms with Gasteiger partial charge in [0.2, 0.25) is 0 Å². The van der Waals surface area contributed by atoms with Gasteiger partial charge in [0.1, 0.15) is 5.75 Å². The lowest BCUT2D eigenvalue weighted by Crippen LogP contribution is -2.14. The van der Waals surface area contributed by atoms with Crippen LogP contribution in [0.25, 0.3) is 0 Å². The number of aromatic hydroxyl groups is 1. The largest absolute Gasteiger partial charge is 0.508 e. The minimum atomic E-state index is -0.202. The maximum atomic E-state index is 12.3. The zero-order valence-corrected chi connectivity index (χ0v) is 12.0. The summed E-state index contributed by atoms with van der Waals surface area (Å²) in [5, 5.41) is 12.6. The van der Waals surface area contributed by atoms with E-state index in [2.05, 4.69) is 19.2 Å². The second kappa shape index (κ2) is 5.78. The highest BCUT2D eigenvalue weighted by atomic mass is 16.3. The van der Waals surface area contributed by atoms with Gasteiger partial charge in [-0.3, -0.25) is 4.79 Å². The Balaban J connectivity index is 2.31. The van der Waals surface area contributed by atoms with Crippen LogP contribution in [0.2, 0.25) is 0 Å². The number of carbonyl (C=O) groups is 1. The first-order valence-corrected chi connectivity index (χ1v) is 6.69. The summed E-state index contributed by atoms with van der Waals surface area (Å²) in [5.74, 6) is 0.262. The van der Waals surface area contributed by atoms with Crippen molar-refractivity contribution < 1.29 is 9.90 Å². The van der Waals surface area contributed by atoms with Crippen molar-refractivity contribution in [3.05, 3.63) is 59.2 Å². The maximum Gasteiger partial charge on any atom is 0.256 e. The molecule has 20 heavy (non-hydrogen) atoms. The molecule has 0 saturated heterocycles. The Morgan fingerprint density at radius 3 is 2.50 bits per heavy atom. The zero-order chi connectivity index (χ0) is 14.7. The van der Waals surface area contributed by atoms with Gasteiger partial charge in [-0.1, -0.05) is 38.1 Å². The maximum absolute atomic E-state index is 12.3. The molecule has 2 aromatic carbocycles. The highest BCUT2D eigenvalue weighted by Gasteiger charge is 2.14. The van der Waals surface area contributed by atoms with E-state index >= 15 is 0 Å². The van der Waals surface area contributed by atoms with Gasteiger partial charge in [-0.25, -0.2) is 0 Å². The molecule has 2 N–H and O–H groups in total. The second-order valence-corrected chi connectivity index (χ2v) is 5.15. The van der Waals surface area contributed by atoms with Crippen molar-refractivity contribution in [3.63, 3.8) is 0 Å². The summed E-state index contributed by atoms with van der Waals surface area (Å²) in [6.45, 7) is 5.91. The van der Waals surface area contributed by atoms with E-state index in [9.17, 15) is 9.90 Å². The van der Waals surface area contributed by atoms with Gasteiger partial charge in [0.15, 0.2) is 0 Å².